The molecular formula is C22H33NO4. The van der Waals surface area contributed by atoms with Crippen LogP contribution in [0.3, 0.4) is 0 Å². The van der Waals surface area contributed by atoms with Crippen molar-refractivity contribution in [2.24, 2.45) is 35.5 Å². The summed E-state index contributed by atoms with van der Waals surface area (Å²) >= 11 is 0. The van der Waals surface area contributed by atoms with Crippen LogP contribution < -0.4 is 0 Å². The van der Waals surface area contributed by atoms with Crippen molar-refractivity contribution in [2.75, 3.05) is 6.54 Å². The van der Waals surface area contributed by atoms with E-state index in [0.717, 1.165) is 25.8 Å². The fraction of sp³-hybridized carbons (Fsp3) is 0.909. The van der Waals surface area contributed by atoms with Crippen LogP contribution in [-0.4, -0.2) is 47.7 Å². The highest BCUT2D eigenvalue weighted by atomic mass is 16.6. The molecule has 4 heterocycles. The van der Waals surface area contributed by atoms with Crippen LogP contribution in [0.25, 0.3) is 0 Å². The Bertz CT molecular complexity index is 636. The van der Waals surface area contributed by atoms with E-state index in [9.17, 15) is 9.59 Å². The molecule has 0 aromatic heterocycles. The van der Waals surface area contributed by atoms with Crippen LogP contribution in [-0.2, 0) is 19.1 Å². The van der Waals surface area contributed by atoms with E-state index in [1.807, 2.05) is 6.92 Å². The average Bonchev–Trinajstić information content (AvgIpc) is 3.20. The first-order chi connectivity index (χ1) is 13.0. The third-order valence-corrected chi connectivity index (χ3v) is 8.61. The first-order valence-corrected chi connectivity index (χ1v) is 11.2. The second-order valence-electron chi connectivity index (χ2n) is 9.81. The molecule has 0 aromatic carbocycles. The smallest absolute Gasteiger partial charge is 0.309 e. The van der Waals surface area contributed by atoms with Gasteiger partial charge in [0.25, 0.3) is 0 Å². The van der Waals surface area contributed by atoms with Gasteiger partial charge in [-0.25, -0.2) is 0 Å². The molecule has 5 nitrogen and oxygen atoms in total. The maximum atomic E-state index is 12.5. The van der Waals surface area contributed by atoms with Gasteiger partial charge in [-0.05, 0) is 50.5 Å². The summed E-state index contributed by atoms with van der Waals surface area (Å²) < 4.78 is 11.8. The van der Waals surface area contributed by atoms with Gasteiger partial charge in [-0.1, -0.05) is 27.2 Å². The fourth-order valence-electron chi connectivity index (χ4n) is 7.48. The third-order valence-electron chi connectivity index (χ3n) is 8.61. The number of hydrogen-bond donors (Lipinski definition) is 0. The summed E-state index contributed by atoms with van der Waals surface area (Å²) in [5, 5.41) is 0. The predicted octanol–water partition coefficient (Wildman–Crippen LogP) is 3.01. The van der Waals surface area contributed by atoms with Crippen molar-refractivity contribution in [3.8, 4) is 0 Å². The second-order valence-corrected chi connectivity index (χ2v) is 9.81. The largest absolute Gasteiger partial charge is 0.462 e. The van der Waals surface area contributed by atoms with E-state index in [1.165, 1.54) is 19.3 Å². The summed E-state index contributed by atoms with van der Waals surface area (Å²) in [7, 11) is 0. The van der Waals surface area contributed by atoms with E-state index in [2.05, 4.69) is 18.7 Å². The maximum absolute atomic E-state index is 12.5. The molecule has 5 heteroatoms. The number of hydrogen-bond acceptors (Lipinski definition) is 5. The topological polar surface area (TPSA) is 55.8 Å². The van der Waals surface area contributed by atoms with Gasteiger partial charge in [-0.2, -0.15) is 0 Å². The number of esters is 2. The molecule has 4 aliphatic heterocycles. The number of cyclic esters (lactones) is 1. The number of carbonyl (C=O) groups excluding carboxylic acids is 2. The molecule has 10 atom stereocenters. The van der Waals surface area contributed by atoms with Gasteiger partial charge < -0.3 is 9.47 Å². The summed E-state index contributed by atoms with van der Waals surface area (Å²) in [5.41, 5.74) is 0. The molecule has 1 saturated carbocycles. The van der Waals surface area contributed by atoms with E-state index < -0.39 is 0 Å². The van der Waals surface area contributed by atoms with Crippen molar-refractivity contribution in [1.29, 1.82) is 0 Å². The normalized spacial score (nSPS) is 52.1. The van der Waals surface area contributed by atoms with Crippen molar-refractivity contribution >= 4 is 11.9 Å². The molecule has 150 valence electrons. The highest BCUT2D eigenvalue weighted by molar-refractivity contribution is 5.75. The summed E-state index contributed by atoms with van der Waals surface area (Å²) in [6, 6.07) is 0.865. The average molecular weight is 376 g/mol. The molecule has 0 spiro atoms. The van der Waals surface area contributed by atoms with Crippen LogP contribution in [0.5, 0.6) is 0 Å². The highest BCUT2D eigenvalue weighted by Crippen LogP contribution is 2.57. The van der Waals surface area contributed by atoms with Crippen molar-refractivity contribution in [3.63, 3.8) is 0 Å². The SMILES string of the molecule is CC[C@@H]1[C@H]2CCCCN3[C@H]2[C@@H](C[C@H]3[C@@H]2C[C@@H](C)C(=O)O2)[C@H]2[C@@H]1OC(=O)[C@H]2C. The molecule has 5 rings (SSSR count). The minimum atomic E-state index is -0.0294. The molecule has 27 heavy (non-hydrogen) atoms. The summed E-state index contributed by atoms with van der Waals surface area (Å²) in [6.07, 6.45) is 6.87. The van der Waals surface area contributed by atoms with E-state index in [-0.39, 0.29) is 36.0 Å². The molecule has 0 bridgehead atoms. The van der Waals surface area contributed by atoms with Crippen LogP contribution in [0, 0.1) is 35.5 Å². The molecule has 1 aliphatic carbocycles. The van der Waals surface area contributed by atoms with Crippen LogP contribution in [0.15, 0.2) is 0 Å². The van der Waals surface area contributed by atoms with E-state index in [4.69, 9.17) is 9.47 Å². The molecule has 0 amide bonds. The minimum Gasteiger partial charge on any atom is -0.462 e. The van der Waals surface area contributed by atoms with Gasteiger partial charge in [0.1, 0.15) is 12.2 Å². The van der Waals surface area contributed by atoms with Crippen LogP contribution in [0.4, 0.5) is 0 Å². The molecule has 5 aliphatic rings. The lowest BCUT2D eigenvalue weighted by Gasteiger charge is -2.48. The number of ether oxygens (including phenoxy) is 2. The molecule has 0 N–H and O–H groups in total. The minimum absolute atomic E-state index is 0.00362. The van der Waals surface area contributed by atoms with E-state index in [0.29, 0.717) is 35.8 Å². The lowest BCUT2D eigenvalue weighted by Crippen LogP contribution is -2.54. The lowest BCUT2D eigenvalue weighted by atomic mass is 9.60. The first-order valence-electron chi connectivity index (χ1n) is 11.2. The number of fused-ring (bicyclic) bond motifs is 2. The Morgan fingerprint density at radius 1 is 1.04 bits per heavy atom. The predicted molar refractivity (Wildman–Crippen MR) is 99.7 cm³/mol. The monoisotopic (exact) mass is 375 g/mol. The number of rotatable bonds is 2. The highest BCUT2D eigenvalue weighted by Gasteiger charge is 2.63. The molecule has 5 fully saturated rings. The Kier molecular flexibility index (Phi) is 4.30. The van der Waals surface area contributed by atoms with Crippen molar-refractivity contribution < 1.29 is 19.1 Å². The van der Waals surface area contributed by atoms with Gasteiger partial charge in [0, 0.05) is 23.9 Å². The first kappa shape index (κ1) is 18.0. The maximum Gasteiger partial charge on any atom is 0.309 e. The van der Waals surface area contributed by atoms with E-state index in [1.54, 1.807) is 0 Å². The number of nitrogens with zero attached hydrogens (tertiary/aromatic N) is 1. The van der Waals surface area contributed by atoms with Crippen molar-refractivity contribution in [2.45, 2.75) is 83.6 Å². The second kappa shape index (κ2) is 6.47. The zero-order valence-electron chi connectivity index (χ0n) is 16.8. The summed E-state index contributed by atoms with van der Waals surface area (Å²) in [6.45, 7) is 7.44. The summed E-state index contributed by atoms with van der Waals surface area (Å²) in [4.78, 5) is 27.3. The molecule has 0 unspecified atom stereocenters. The molecule has 4 saturated heterocycles. The van der Waals surface area contributed by atoms with Gasteiger partial charge in [0.05, 0.1) is 11.8 Å². The van der Waals surface area contributed by atoms with Crippen LogP contribution >= 0.6 is 0 Å². The zero-order chi connectivity index (χ0) is 18.9. The lowest BCUT2D eigenvalue weighted by molar-refractivity contribution is -0.148. The number of carbonyl (C=O) groups is 2. The molecule has 0 radical (unpaired) electrons. The Labute approximate surface area is 162 Å². The molecular weight excluding hydrogens is 342 g/mol. The van der Waals surface area contributed by atoms with Crippen LogP contribution in [0.2, 0.25) is 0 Å². The van der Waals surface area contributed by atoms with Gasteiger partial charge in [-0.3, -0.25) is 14.5 Å². The zero-order valence-corrected chi connectivity index (χ0v) is 16.8. The Morgan fingerprint density at radius 3 is 2.56 bits per heavy atom. The van der Waals surface area contributed by atoms with Gasteiger partial charge in [-0.15, -0.1) is 0 Å². The fourth-order valence-corrected chi connectivity index (χ4v) is 7.48. The standard InChI is InChI=1S/C22H33NO4/c1-4-13-14-7-5-6-8-23-16(17-9-11(2)21(24)26-17)10-15(19(14)23)18-12(3)22(25)27-20(13)18/h11-20H,4-10H2,1-3H3/t11-,12+,13-,14-,15+,16+,17+,18+,19-,20-/m1/s1. The van der Waals surface area contributed by atoms with Gasteiger partial charge in [0.2, 0.25) is 0 Å². The quantitative estimate of drug-likeness (QED) is 0.695. The summed E-state index contributed by atoms with van der Waals surface area (Å²) in [5.74, 6) is 1.94. The van der Waals surface area contributed by atoms with E-state index >= 15 is 0 Å². The Hall–Kier alpha value is -1.10. The molecule has 0 aromatic rings. The van der Waals surface area contributed by atoms with Crippen molar-refractivity contribution in [1.82, 2.24) is 4.90 Å². The van der Waals surface area contributed by atoms with Gasteiger partial charge in [0.15, 0.2) is 0 Å². The Balaban J connectivity index is 1.51. The van der Waals surface area contributed by atoms with Crippen LogP contribution in [0.1, 0.15) is 59.3 Å². The third kappa shape index (κ3) is 2.53. The van der Waals surface area contributed by atoms with Crippen molar-refractivity contribution in [3.05, 3.63) is 0 Å². The van der Waals surface area contributed by atoms with Gasteiger partial charge >= 0.3 is 11.9 Å². The Morgan fingerprint density at radius 2 is 1.85 bits per heavy atom.